The highest BCUT2D eigenvalue weighted by Gasteiger charge is 2.49. The van der Waals surface area contributed by atoms with Crippen LogP contribution in [-0.4, -0.2) is 57.8 Å². The molecule has 4 rings (SSSR count). The van der Waals surface area contributed by atoms with Gasteiger partial charge in [-0.1, -0.05) is 60.2 Å². The Morgan fingerprint density at radius 1 is 1.00 bits per heavy atom. The van der Waals surface area contributed by atoms with Crippen LogP contribution in [0.25, 0.3) is 11.1 Å². The molecule has 0 bridgehead atoms. The topological polar surface area (TPSA) is 108 Å². The molecular formula is C27H28O8S. The fourth-order valence-electron chi connectivity index (χ4n) is 3.88. The van der Waals surface area contributed by atoms with Gasteiger partial charge in [0.2, 0.25) is 0 Å². The maximum atomic E-state index is 12.6. The Hall–Kier alpha value is -3.08. The lowest BCUT2D eigenvalue weighted by Crippen LogP contribution is -2.46. The van der Waals surface area contributed by atoms with Crippen molar-refractivity contribution in [3.05, 3.63) is 90.0 Å². The molecule has 0 radical (unpaired) electrons. The van der Waals surface area contributed by atoms with Crippen molar-refractivity contribution in [1.82, 2.24) is 0 Å². The second kappa shape index (κ2) is 10.9. The Balaban J connectivity index is 1.40. The van der Waals surface area contributed by atoms with Crippen LogP contribution in [-0.2, 0) is 28.5 Å². The Morgan fingerprint density at radius 3 is 2.28 bits per heavy atom. The molecule has 0 saturated carbocycles. The summed E-state index contributed by atoms with van der Waals surface area (Å²) in [6.45, 7) is 0.935. The van der Waals surface area contributed by atoms with Crippen molar-refractivity contribution in [2.24, 2.45) is 0 Å². The van der Waals surface area contributed by atoms with Gasteiger partial charge in [-0.2, -0.15) is 8.42 Å². The molecule has 0 spiro atoms. The van der Waals surface area contributed by atoms with E-state index in [0.29, 0.717) is 5.56 Å². The molecule has 0 unspecified atom stereocenters. The summed E-state index contributed by atoms with van der Waals surface area (Å²) in [6.07, 6.45) is -1.92. The van der Waals surface area contributed by atoms with Crippen LogP contribution in [0.3, 0.4) is 0 Å². The van der Waals surface area contributed by atoms with Crippen molar-refractivity contribution in [3.8, 4) is 11.1 Å². The maximum absolute atomic E-state index is 12.6. The van der Waals surface area contributed by atoms with Crippen molar-refractivity contribution < 1.29 is 36.7 Å². The van der Waals surface area contributed by atoms with E-state index in [1.165, 1.54) is 19.2 Å². The molecule has 0 aromatic heterocycles. The lowest BCUT2D eigenvalue weighted by molar-refractivity contribution is -0.139. The van der Waals surface area contributed by atoms with E-state index in [2.05, 4.69) is 0 Å². The summed E-state index contributed by atoms with van der Waals surface area (Å²) in [4.78, 5) is 12.6. The van der Waals surface area contributed by atoms with E-state index in [4.69, 9.17) is 18.4 Å². The lowest BCUT2D eigenvalue weighted by Gasteiger charge is -2.27. The first-order valence-corrected chi connectivity index (χ1v) is 12.8. The first-order valence-electron chi connectivity index (χ1n) is 11.4. The number of hydrogen-bond acceptors (Lipinski definition) is 8. The lowest BCUT2D eigenvalue weighted by atomic mass is 9.97. The number of aryl methyl sites for hydroxylation is 1. The number of ether oxygens (including phenoxy) is 3. The molecule has 0 aliphatic carbocycles. The van der Waals surface area contributed by atoms with Crippen LogP contribution in [0.5, 0.6) is 0 Å². The molecular weight excluding hydrogens is 484 g/mol. The van der Waals surface area contributed by atoms with Crippen molar-refractivity contribution in [2.75, 3.05) is 20.3 Å². The minimum atomic E-state index is -4.12. The fourth-order valence-corrected chi connectivity index (χ4v) is 4.84. The molecule has 1 saturated heterocycles. The molecule has 3 aromatic rings. The van der Waals surface area contributed by atoms with E-state index in [1.54, 1.807) is 24.3 Å². The third-order valence-corrected chi connectivity index (χ3v) is 7.34. The van der Waals surface area contributed by atoms with E-state index >= 15 is 0 Å². The highest BCUT2D eigenvalue weighted by atomic mass is 32.2. The summed E-state index contributed by atoms with van der Waals surface area (Å²) >= 11 is 0. The molecule has 3 atom stereocenters. The highest BCUT2D eigenvalue weighted by molar-refractivity contribution is 7.86. The van der Waals surface area contributed by atoms with Gasteiger partial charge in [0.1, 0.15) is 18.3 Å². The Morgan fingerprint density at radius 2 is 1.64 bits per heavy atom. The molecule has 36 heavy (non-hydrogen) atoms. The molecule has 1 N–H and O–H groups in total. The third kappa shape index (κ3) is 6.00. The predicted octanol–water partition coefficient (Wildman–Crippen LogP) is 3.72. The zero-order valence-electron chi connectivity index (χ0n) is 20.0. The zero-order valence-corrected chi connectivity index (χ0v) is 20.8. The van der Waals surface area contributed by atoms with Gasteiger partial charge in [-0.15, -0.1) is 0 Å². The summed E-state index contributed by atoms with van der Waals surface area (Å²) in [6, 6.07) is 22.9. The van der Waals surface area contributed by atoms with Gasteiger partial charge in [0.15, 0.2) is 6.29 Å². The summed E-state index contributed by atoms with van der Waals surface area (Å²) in [5, 5.41) is 11.2. The largest absolute Gasteiger partial charge is 0.459 e. The summed E-state index contributed by atoms with van der Waals surface area (Å²) in [5.74, 6) is -0.602. The molecule has 1 heterocycles. The van der Waals surface area contributed by atoms with Gasteiger partial charge >= 0.3 is 5.97 Å². The standard InChI is InChI=1S/C27H28O8S/c1-19-8-14-23(15-9-19)36(30,31)34-18-27(29)16-25(32-2)35-24(27)17-33-26(28)22-12-10-21(11-13-22)20-6-4-3-5-7-20/h3-15,24-25,29H,16-18H2,1-2H3/t24-,25-,27-/m1/s1. The van der Waals surface area contributed by atoms with Crippen molar-refractivity contribution in [3.63, 3.8) is 0 Å². The molecule has 8 nitrogen and oxygen atoms in total. The van der Waals surface area contributed by atoms with Crippen molar-refractivity contribution in [1.29, 1.82) is 0 Å². The normalized spacial score (nSPS) is 21.9. The van der Waals surface area contributed by atoms with E-state index < -0.39 is 40.7 Å². The molecule has 190 valence electrons. The van der Waals surface area contributed by atoms with Crippen LogP contribution < -0.4 is 0 Å². The maximum Gasteiger partial charge on any atom is 0.338 e. The Kier molecular flexibility index (Phi) is 7.87. The number of methoxy groups -OCH3 is 1. The van der Waals surface area contributed by atoms with E-state index in [0.717, 1.165) is 16.7 Å². The van der Waals surface area contributed by atoms with Crippen LogP contribution in [0.2, 0.25) is 0 Å². The van der Waals surface area contributed by atoms with Gasteiger partial charge in [0.25, 0.3) is 10.1 Å². The van der Waals surface area contributed by atoms with Gasteiger partial charge in [-0.3, -0.25) is 4.18 Å². The summed E-state index contributed by atoms with van der Waals surface area (Å²) in [5.41, 5.74) is 1.45. The van der Waals surface area contributed by atoms with E-state index in [9.17, 15) is 18.3 Å². The number of aliphatic hydroxyl groups is 1. The van der Waals surface area contributed by atoms with Gasteiger partial charge in [-0.05, 0) is 42.3 Å². The molecule has 1 aliphatic rings. The average Bonchev–Trinajstić information content (AvgIpc) is 3.23. The molecule has 3 aromatic carbocycles. The van der Waals surface area contributed by atoms with E-state index in [-0.39, 0.29) is 17.9 Å². The molecule has 1 fully saturated rings. The van der Waals surface area contributed by atoms with Gasteiger partial charge in [0, 0.05) is 13.5 Å². The van der Waals surface area contributed by atoms with Crippen LogP contribution in [0.1, 0.15) is 22.3 Å². The Labute approximate surface area is 210 Å². The highest BCUT2D eigenvalue weighted by Crippen LogP contribution is 2.33. The van der Waals surface area contributed by atoms with Crippen LogP contribution in [0.4, 0.5) is 0 Å². The van der Waals surface area contributed by atoms with Crippen molar-refractivity contribution >= 4 is 16.1 Å². The second-order valence-corrected chi connectivity index (χ2v) is 10.3. The molecule has 0 amide bonds. The van der Waals surface area contributed by atoms with E-state index in [1.807, 2.05) is 49.4 Å². The second-order valence-electron chi connectivity index (χ2n) is 8.67. The first kappa shape index (κ1) is 26.0. The first-order chi connectivity index (χ1) is 17.2. The number of carbonyl (C=O) groups is 1. The monoisotopic (exact) mass is 512 g/mol. The number of rotatable bonds is 9. The summed E-state index contributed by atoms with van der Waals surface area (Å²) < 4.78 is 46.6. The van der Waals surface area contributed by atoms with Crippen molar-refractivity contribution in [2.45, 2.75) is 36.2 Å². The van der Waals surface area contributed by atoms with Crippen LogP contribution in [0.15, 0.2) is 83.8 Å². The van der Waals surface area contributed by atoms with Crippen LogP contribution in [0, 0.1) is 6.92 Å². The fraction of sp³-hybridized carbons (Fsp3) is 0.296. The molecule has 9 heteroatoms. The smallest absolute Gasteiger partial charge is 0.338 e. The number of hydrogen-bond donors (Lipinski definition) is 1. The minimum absolute atomic E-state index is 0.0270. The van der Waals surface area contributed by atoms with Gasteiger partial charge in [-0.25, -0.2) is 4.79 Å². The van der Waals surface area contributed by atoms with Crippen LogP contribution >= 0.6 is 0 Å². The zero-order chi connectivity index (χ0) is 25.8. The minimum Gasteiger partial charge on any atom is -0.459 e. The van der Waals surface area contributed by atoms with Gasteiger partial charge in [0.05, 0.1) is 17.1 Å². The average molecular weight is 513 g/mol. The summed E-state index contributed by atoms with van der Waals surface area (Å²) in [7, 11) is -2.72. The Bertz CT molecular complexity index is 1270. The SMILES string of the molecule is CO[C@H]1C[C@@](O)(COS(=O)(=O)c2ccc(C)cc2)[C@@H](COC(=O)c2ccc(-c3ccccc3)cc2)O1. The number of carbonyl (C=O) groups excluding carboxylic acids is 1. The van der Waals surface area contributed by atoms with Gasteiger partial charge < -0.3 is 19.3 Å². The molecule has 1 aliphatic heterocycles. The number of esters is 1. The number of benzene rings is 3. The third-order valence-electron chi connectivity index (χ3n) is 6.07. The quantitative estimate of drug-likeness (QED) is 0.341. The predicted molar refractivity (Wildman–Crippen MR) is 132 cm³/mol.